The minimum absolute atomic E-state index is 0.148. The summed E-state index contributed by atoms with van der Waals surface area (Å²) in [7, 11) is 1.56. The molecule has 1 aliphatic carbocycles. The van der Waals surface area contributed by atoms with Gasteiger partial charge in [0.1, 0.15) is 11.6 Å². The third-order valence-corrected chi connectivity index (χ3v) is 3.64. The molecule has 0 spiro atoms. The molecule has 0 radical (unpaired) electrons. The number of nitrogens with zero attached hydrogens (tertiary/aromatic N) is 1. The molecule has 1 unspecified atom stereocenters. The topological polar surface area (TPSA) is 37.0 Å². The van der Waals surface area contributed by atoms with Crippen LogP contribution in [0.15, 0.2) is 12.1 Å². The predicted molar refractivity (Wildman–Crippen MR) is 69.2 cm³/mol. The molecule has 6 heteroatoms. The number of rotatable bonds is 4. The van der Waals surface area contributed by atoms with Gasteiger partial charge in [-0.25, -0.2) is 4.98 Å². The van der Waals surface area contributed by atoms with Crippen LogP contribution < -0.4 is 10.6 Å². The Morgan fingerprint density at radius 1 is 1.26 bits per heavy atom. The lowest BCUT2D eigenvalue weighted by molar-refractivity contribution is -0.137. The summed E-state index contributed by atoms with van der Waals surface area (Å²) in [5.41, 5.74) is -0.685. The Bertz CT molecular complexity index is 441. The van der Waals surface area contributed by atoms with E-state index in [0.29, 0.717) is 5.92 Å². The van der Waals surface area contributed by atoms with Crippen molar-refractivity contribution in [2.24, 2.45) is 5.92 Å². The molecule has 3 nitrogen and oxygen atoms in total. The third-order valence-electron chi connectivity index (χ3n) is 3.64. The summed E-state index contributed by atoms with van der Waals surface area (Å²) in [6, 6.07) is 2.23. The number of pyridine rings is 1. The first-order chi connectivity index (χ1) is 8.90. The van der Waals surface area contributed by atoms with E-state index in [1.807, 2.05) is 6.92 Å². The van der Waals surface area contributed by atoms with E-state index in [4.69, 9.17) is 0 Å². The van der Waals surface area contributed by atoms with Crippen molar-refractivity contribution in [3.05, 3.63) is 17.7 Å². The van der Waals surface area contributed by atoms with Crippen molar-refractivity contribution in [2.75, 3.05) is 17.7 Å². The quantitative estimate of drug-likeness (QED) is 0.877. The van der Waals surface area contributed by atoms with Crippen molar-refractivity contribution < 1.29 is 13.2 Å². The van der Waals surface area contributed by atoms with Crippen molar-refractivity contribution in [1.29, 1.82) is 0 Å². The number of hydrogen-bond acceptors (Lipinski definition) is 3. The Balaban J connectivity index is 2.19. The summed E-state index contributed by atoms with van der Waals surface area (Å²) in [5.74, 6) is 1.03. The molecule has 1 saturated carbocycles. The van der Waals surface area contributed by atoms with Crippen LogP contribution in [0, 0.1) is 5.92 Å². The summed E-state index contributed by atoms with van der Waals surface area (Å²) < 4.78 is 38.3. The second-order valence-electron chi connectivity index (χ2n) is 5.00. The van der Waals surface area contributed by atoms with Crippen LogP contribution in [0.1, 0.15) is 31.7 Å². The number of alkyl halides is 3. The third kappa shape index (κ3) is 3.30. The Hall–Kier alpha value is -1.46. The molecule has 0 amide bonds. The molecular weight excluding hydrogens is 255 g/mol. The van der Waals surface area contributed by atoms with Crippen LogP contribution in [0.4, 0.5) is 24.8 Å². The Morgan fingerprint density at radius 3 is 2.37 bits per heavy atom. The van der Waals surface area contributed by atoms with Crippen molar-refractivity contribution in [2.45, 2.75) is 38.4 Å². The number of nitrogens with one attached hydrogen (secondary N) is 2. The van der Waals surface area contributed by atoms with Crippen LogP contribution in [0.25, 0.3) is 0 Å². The monoisotopic (exact) mass is 273 g/mol. The van der Waals surface area contributed by atoms with E-state index < -0.39 is 11.7 Å². The normalized spacial score (nSPS) is 17.7. The lowest BCUT2D eigenvalue weighted by Crippen LogP contribution is -2.31. The minimum atomic E-state index is -4.36. The summed E-state index contributed by atoms with van der Waals surface area (Å²) in [5, 5.41) is 5.74. The second kappa shape index (κ2) is 5.27. The van der Waals surface area contributed by atoms with E-state index in [1.165, 1.54) is 6.42 Å². The van der Waals surface area contributed by atoms with E-state index in [2.05, 4.69) is 15.6 Å². The highest BCUT2D eigenvalue weighted by molar-refractivity contribution is 5.50. The highest BCUT2D eigenvalue weighted by Crippen LogP contribution is 2.34. The van der Waals surface area contributed by atoms with Crippen LogP contribution in [-0.4, -0.2) is 18.1 Å². The van der Waals surface area contributed by atoms with Gasteiger partial charge >= 0.3 is 6.18 Å². The fraction of sp³-hybridized carbons (Fsp3) is 0.615. The highest BCUT2D eigenvalue weighted by atomic mass is 19.4. The maximum Gasteiger partial charge on any atom is 0.416 e. The summed E-state index contributed by atoms with van der Waals surface area (Å²) in [4.78, 5) is 4.12. The van der Waals surface area contributed by atoms with Gasteiger partial charge in [0.25, 0.3) is 0 Å². The average molecular weight is 273 g/mol. The van der Waals surface area contributed by atoms with Gasteiger partial charge in [-0.05, 0) is 37.8 Å². The molecule has 1 aliphatic rings. The standard InChI is InChI=1S/C13H18F3N3/c1-8(9-4-3-5-9)18-12-7-10(13(14,15)16)6-11(17-2)19-12/h6-9H,3-5H2,1-2H3,(H2,17,18,19). The maximum atomic E-state index is 12.8. The zero-order chi connectivity index (χ0) is 14.0. The lowest BCUT2D eigenvalue weighted by atomic mass is 9.80. The van der Waals surface area contributed by atoms with Crippen LogP contribution in [-0.2, 0) is 6.18 Å². The van der Waals surface area contributed by atoms with E-state index in [-0.39, 0.29) is 17.7 Å². The molecule has 19 heavy (non-hydrogen) atoms. The van der Waals surface area contributed by atoms with E-state index in [0.717, 1.165) is 25.0 Å². The Kier molecular flexibility index (Phi) is 3.87. The zero-order valence-corrected chi connectivity index (χ0v) is 11.0. The Morgan fingerprint density at radius 2 is 1.89 bits per heavy atom. The van der Waals surface area contributed by atoms with Crippen molar-refractivity contribution in [1.82, 2.24) is 4.98 Å². The van der Waals surface area contributed by atoms with Crippen molar-refractivity contribution in [3.63, 3.8) is 0 Å². The van der Waals surface area contributed by atoms with Gasteiger partial charge in [0, 0.05) is 13.1 Å². The fourth-order valence-electron chi connectivity index (χ4n) is 2.19. The first-order valence-electron chi connectivity index (χ1n) is 6.43. The SMILES string of the molecule is CNc1cc(C(F)(F)F)cc(NC(C)C2CCC2)n1. The molecular formula is C13H18F3N3. The molecule has 0 aliphatic heterocycles. The summed E-state index contributed by atoms with van der Waals surface area (Å²) >= 11 is 0. The Labute approximate surface area is 110 Å². The van der Waals surface area contributed by atoms with Crippen LogP contribution in [0.2, 0.25) is 0 Å². The molecule has 1 atom stereocenters. The second-order valence-corrected chi connectivity index (χ2v) is 5.00. The maximum absolute atomic E-state index is 12.8. The minimum Gasteiger partial charge on any atom is -0.373 e. The van der Waals surface area contributed by atoms with E-state index in [1.54, 1.807) is 7.05 Å². The van der Waals surface area contributed by atoms with Crippen molar-refractivity contribution >= 4 is 11.6 Å². The number of halogens is 3. The largest absolute Gasteiger partial charge is 0.416 e. The summed E-state index contributed by atoms with van der Waals surface area (Å²) in [6.45, 7) is 1.99. The molecule has 0 bridgehead atoms. The van der Waals surface area contributed by atoms with E-state index >= 15 is 0 Å². The predicted octanol–water partition coefficient (Wildman–Crippen LogP) is 3.74. The van der Waals surface area contributed by atoms with Gasteiger partial charge in [0.2, 0.25) is 0 Å². The van der Waals surface area contributed by atoms with E-state index in [9.17, 15) is 13.2 Å². The molecule has 1 aromatic rings. The van der Waals surface area contributed by atoms with Gasteiger partial charge in [-0.1, -0.05) is 6.42 Å². The number of hydrogen-bond donors (Lipinski definition) is 2. The van der Waals surface area contributed by atoms with Gasteiger partial charge in [-0.15, -0.1) is 0 Å². The van der Waals surface area contributed by atoms with Gasteiger partial charge in [0.15, 0.2) is 0 Å². The van der Waals surface area contributed by atoms with Crippen LogP contribution >= 0.6 is 0 Å². The lowest BCUT2D eigenvalue weighted by Gasteiger charge is -2.32. The van der Waals surface area contributed by atoms with Crippen molar-refractivity contribution in [3.8, 4) is 0 Å². The number of anilines is 2. The first kappa shape index (κ1) is 14.0. The molecule has 1 heterocycles. The van der Waals surface area contributed by atoms with Crippen LogP contribution in [0.5, 0.6) is 0 Å². The fourth-order valence-corrected chi connectivity index (χ4v) is 2.19. The van der Waals surface area contributed by atoms with Gasteiger partial charge in [-0.2, -0.15) is 13.2 Å². The first-order valence-corrected chi connectivity index (χ1v) is 6.43. The summed E-state index contributed by atoms with van der Waals surface area (Å²) in [6.07, 6.45) is -0.892. The molecule has 1 aromatic heterocycles. The highest BCUT2D eigenvalue weighted by Gasteiger charge is 2.32. The molecule has 1 fully saturated rings. The number of aromatic nitrogens is 1. The molecule has 2 rings (SSSR count). The van der Waals surface area contributed by atoms with Gasteiger partial charge in [0.05, 0.1) is 5.56 Å². The molecule has 2 N–H and O–H groups in total. The molecule has 0 aromatic carbocycles. The van der Waals surface area contributed by atoms with Crippen LogP contribution in [0.3, 0.4) is 0 Å². The zero-order valence-electron chi connectivity index (χ0n) is 11.0. The van der Waals surface area contributed by atoms with Gasteiger partial charge < -0.3 is 10.6 Å². The van der Waals surface area contributed by atoms with Gasteiger partial charge in [-0.3, -0.25) is 0 Å². The average Bonchev–Trinajstić information content (AvgIpc) is 2.24. The smallest absolute Gasteiger partial charge is 0.373 e. The molecule has 0 saturated heterocycles. The molecule has 106 valence electrons.